The number of benzene rings is 1. The van der Waals surface area contributed by atoms with Crippen LogP contribution in [0.1, 0.15) is 39.0 Å². The molecule has 1 aromatic carbocycles. The molecule has 1 spiro atoms. The van der Waals surface area contributed by atoms with Crippen molar-refractivity contribution in [1.29, 1.82) is 0 Å². The summed E-state index contributed by atoms with van der Waals surface area (Å²) in [6.45, 7) is 2.65. The lowest BCUT2D eigenvalue weighted by Gasteiger charge is -2.26. The molecular weight excluding hydrogens is 403 g/mol. The summed E-state index contributed by atoms with van der Waals surface area (Å²) in [6.07, 6.45) is 3.99. The SMILES string of the molecule is CCCN(CC(=O)Nc1cc(Cl)ccc1Cl)CN1C(=O)NC2(CCCC2)C1=O. The van der Waals surface area contributed by atoms with Gasteiger partial charge >= 0.3 is 6.03 Å². The van der Waals surface area contributed by atoms with Crippen LogP contribution in [0.4, 0.5) is 10.5 Å². The molecule has 0 radical (unpaired) electrons. The number of hydrogen-bond acceptors (Lipinski definition) is 4. The first-order chi connectivity index (χ1) is 13.3. The first-order valence-electron chi connectivity index (χ1n) is 9.46. The molecule has 1 aromatic rings. The Morgan fingerprint density at radius 3 is 2.68 bits per heavy atom. The number of carbonyl (C=O) groups is 3. The lowest BCUT2D eigenvalue weighted by atomic mass is 9.98. The molecular formula is C19H24Cl2N4O3. The maximum atomic E-state index is 12.8. The second kappa shape index (κ2) is 8.68. The molecule has 0 unspecified atom stereocenters. The molecule has 1 saturated heterocycles. The zero-order chi connectivity index (χ0) is 20.3. The van der Waals surface area contributed by atoms with Crippen molar-refractivity contribution in [3.63, 3.8) is 0 Å². The summed E-state index contributed by atoms with van der Waals surface area (Å²) in [7, 11) is 0. The van der Waals surface area contributed by atoms with Crippen LogP contribution in [0, 0.1) is 0 Å². The van der Waals surface area contributed by atoms with Crippen molar-refractivity contribution >= 4 is 46.7 Å². The van der Waals surface area contributed by atoms with E-state index >= 15 is 0 Å². The second-order valence-electron chi connectivity index (χ2n) is 7.32. The van der Waals surface area contributed by atoms with Crippen molar-refractivity contribution in [2.24, 2.45) is 0 Å². The Morgan fingerprint density at radius 1 is 1.29 bits per heavy atom. The molecule has 9 heteroatoms. The summed E-state index contributed by atoms with van der Waals surface area (Å²) >= 11 is 12.0. The normalized spacial score (nSPS) is 18.2. The third-order valence-corrected chi connectivity index (χ3v) is 5.72. The first kappa shape index (κ1) is 20.9. The fourth-order valence-electron chi connectivity index (χ4n) is 3.82. The van der Waals surface area contributed by atoms with Crippen LogP contribution < -0.4 is 10.6 Å². The van der Waals surface area contributed by atoms with Gasteiger partial charge < -0.3 is 10.6 Å². The predicted octanol–water partition coefficient (Wildman–Crippen LogP) is 3.47. The summed E-state index contributed by atoms with van der Waals surface area (Å²) in [5.41, 5.74) is -0.318. The van der Waals surface area contributed by atoms with Crippen molar-refractivity contribution in [1.82, 2.24) is 15.1 Å². The molecule has 2 N–H and O–H groups in total. The standard InChI is InChI=1S/C19H24Cl2N4O3/c1-2-9-24(11-16(26)22-15-10-13(20)5-6-14(15)21)12-25-17(27)19(23-18(25)28)7-3-4-8-19/h5-6,10H,2-4,7-9,11-12H2,1H3,(H,22,26)(H,23,28). The average Bonchev–Trinajstić information content (AvgIpc) is 3.19. The molecule has 1 saturated carbocycles. The molecule has 2 fully saturated rings. The zero-order valence-electron chi connectivity index (χ0n) is 15.8. The van der Waals surface area contributed by atoms with Gasteiger partial charge in [0.2, 0.25) is 5.91 Å². The Kier molecular flexibility index (Phi) is 6.47. The molecule has 2 aliphatic rings. The maximum absolute atomic E-state index is 12.8. The molecule has 1 aliphatic carbocycles. The van der Waals surface area contributed by atoms with Crippen molar-refractivity contribution in [2.45, 2.75) is 44.6 Å². The van der Waals surface area contributed by atoms with Gasteiger partial charge in [-0.3, -0.25) is 14.5 Å². The van der Waals surface area contributed by atoms with Crippen LogP contribution in [-0.2, 0) is 9.59 Å². The Bertz CT molecular complexity index is 780. The van der Waals surface area contributed by atoms with Crippen LogP contribution in [0.2, 0.25) is 10.0 Å². The number of rotatable bonds is 7. The number of anilines is 1. The highest BCUT2D eigenvalue weighted by atomic mass is 35.5. The van der Waals surface area contributed by atoms with Gasteiger partial charge in [-0.25, -0.2) is 9.69 Å². The van der Waals surface area contributed by atoms with Crippen LogP contribution in [-0.4, -0.2) is 52.9 Å². The topological polar surface area (TPSA) is 81.8 Å². The lowest BCUT2D eigenvalue weighted by molar-refractivity contribution is -0.133. The van der Waals surface area contributed by atoms with E-state index in [1.165, 1.54) is 4.90 Å². The summed E-state index contributed by atoms with van der Waals surface area (Å²) in [5, 5.41) is 6.45. The molecule has 1 heterocycles. The fourth-order valence-corrected chi connectivity index (χ4v) is 4.16. The minimum absolute atomic E-state index is 0.0285. The summed E-state index contributed by atoms with van der Waals surface area (Å²) in [4.78, 5) is 40.7. The molecule has 4 amide bonds. The zero-order valence-corrected chi connectivity index (χ0v) is 17.3. The molecule has 0 atom stereocenters. The summed E-state index contributed by atoms with van der Waals surface area (Å²) in [6, 6.07) is 4.44. The van der Waals surface area contributed by atoms with E-state index in [0.29, 0.717) is 35.1 Å². The Labute approximate surface area is 174 Å². The molecule has 0 bridgehead atoms. The van der Waals surface area contributed by atoms with E-state index in [9.17, 15) is 14.4 Å². The van der Waals surface area contributed by atoms with Gasteiger partial charge in [-0.05, 0) is 37.5 Å². The van der Waals surface area contributed by atoms with E-state index < -0.39 is 5.54 Å². The number of urea groups is 1. The Balaban J connectivity index is 1.65. The van der Waals surface area contributed by atoms with Gasteiger partial charge in [0, 0.05) is 11.6 Å². The monoisotopic (exact) mass is 426 g/mol. The van der Waals surface area contributed by atoms with Gasteiger partial charge in [-0.1, -0.05) is 43.0 Å². The molecule has 1 aliphatic heterocycles. The number of amides is 4. The molecule has 28 heavy (non-hydrogen) atoms. The highest BCUT2D eigenvalue weighted by molar-refractivity contribution is 6.35. The largest absolute Gasteiger partial charge is 0.326 e. The number of halogens is 2. The van der Waals surface area contributed by atoms with E-state index in [0.717, 1.165) is 19.3 Å². The Hall–Kier alpha value is -1.83. The van der Waals surface area contributed by atoms with Gasteiger partial charge in [0.25, 0.3) is 5.91 Å². The van der Waals surface area contributed by atoms with E-state index in [4.69, 9.17) is 23.2 Å². The lowest BCUT2D eigenvalue weighted by Crippen LogP contribution is -2.47. The van der Waals surface area contributed by atoms with Gasteiger partial charge in [0.1, 0.15) is 5.54 Å². The van der Waals surface area contributed by atoms with Gasteiger partial charge in [0.05, 0.1) is 23.9 Å². The smallest absolute Gasteiger partial charge is 0.324 e. The molecule has 0 aromatic heterocycles. The van der Waals surface area contributed by atoms with Crippen molar-refractivity contribution in [2.75, 3.05) is 25.1 Å². The predicted molar refractivity (Wildman–Crippen MR) is 108 cm³/mol. The average molecular weight is 427 g/mol. The number of imide groups is 1. The van der Waals surface area contributed by atoms with Crippen LogP contribution in [0.5, 0.6) is 0 Å². The van der Waals surface area contributed by atoms with E-state index in [-0.39, 0.29) is 31.1 Å². The van der Waals surface area contributed by atoms with E-state index in [1.54, 1.807) is 23.1 Å². The summed E-state index contributed by atoms with van der Waals surface area (Å²) in [5.74, 6) is -0.477. The van der Waals surface area contributed by atoms with Crippen molar-refractivity contribution < 1.29 is 14.4 Å². The third-order valence-electron chi connectivity index (χ3n) is 5.15. The summed E-state index contributed by atoms with van der Waals surface area (Å²) < 4.78 is 0. The van der Waals surface area contributed by atoms with Crippen LogP contribution in [0.15, 0.2) is 18.2 Å². The van der Waals surface area contributed by atoms with Gasteiger partial charge in [-0.15, -0.1) is 0 Å². The van der Waals surface area contributed by atoms with E-state index in [2.05, 4.69) is 10.6 Å². The third kappa shape index (κ3) is 4.42. The van der Waals surface area contributed by atoms with Crippen molar-refractivity contribution in [3.05, 3.63) is 28.2 Å². The quantitative estimate of drug-likeness (QED) is 0.653. The fraction of sp³-hybridized carbons (Fsp3) is 0.526. The number of nitrogens with zero attached hydrogens (tertiary/aromatic N) is 2. The Morgan fingerprint density at radius 2 is 2.00 bits per heavy atom. The second-order valence-corrected chi connectivity index (χ2v) is 8.16. The highest BCUT2D eigenvalue weighted by Gasteiger charge is 2.52. The molecule has 3 rings (SSSR count). The van der Waals surface area contributed by atoms with Crippen LogP contribution >= 0.6 is 23.2 Å². The molecule has 7 nitrogen and oxygen atoms in total. The number of nitrogens with one attached hydrogen (secondary N) is 2. The van der Waals surface area contributed by atoms with Crippen molar-refractivity contribution in [3.8, 4) is 0 Å². The van der Waals surface area contributed by atoms with Crippen LogP contribution in [0.25, 0.3) is 0 Å². The minimum atomic E-state index is -0.745. The maximum Gasteiger partial charge on any atom is 0.326 e. The number of carbonyl (C=O) groups excluding carboxylic acids is 3. The van der Waals surface area contributed by atoms with Crippen LogP contribution in [0.3, 0.4) is 0 Å². The minimum Gasteiger partial charge on any atom is -0.324 e. The van der Waals surface area contributed by atoms with Gasteiger partial charge in [0.15, 0.2) is 0 Å². The van der Waals surface area contributed by atoms with Gasteiger partial charge in [-0.2, -0.15) is 0 Å². The highest BCUT2D eigenvalue weighted by Crippen LogP contribution is 2.35. The number of hydrogen-bond donors (Lipinski definition) is 2. The van der Waals surface area contributed by atoms with E-state index in [1.807, 2.05) is 6.92 Å². The first-order valence-corrected chi connectivity index (χ1v) is 10.2. The molecule has 152 valence electrons.